The SMILES string of the molecule is COCCN(CC(C)C)S(=O)(=O)c1cc(C)c(C(=O)O)s1. The molecule has 21 heavy (non-hydrogen) atoms. The van der Waals surface area contributed by atoms with E-state index in [-0.39, 0.29) is 21.5 Å². The van der Waals surface area contributed by atoms with Crippen molar-refractivity contribution in [3.8, 4) is 0 Å². The number of rotatable bonds is 8. The Morgan fingerprint density at radius 2 is 2.10 bits per heavy atom. The normalized spacial score (nSPS) is 12.3. The van der Waals surface area contributed by atoms with E-state index < -0.39 is 16.0 Å². The Labute approximate surface area is 129 Å². The molecule has 0 saturated carbocycles. The minimum absolute atomic E-state index is 0.0600. The van der Waals surface area contributed by atoms with E-state index in [9.17, 15) is 13.2 Å². The van der Waals surface area contributed by atoms with E-state index in [1.807, 2.05) is 13.8 Å². The van der Waals surface area contributed by atoms with Crippen LogP contribution in [-0.2, 0) is 14.8 Å². The molecule has 0 aliphatic heterocycles. The summed E-state index contributed by atoms with van der Waals surface area (Å²) in [6, 6.07) is 1.42. The predicted octanol–water partition coefficient (Wildman–Crippen LogP) is 2.05. The van der Waals surface area contributed by atoms with E-state index in [0.29, 0.717) is 18.7 Å². The number of carbonyl (C=O) groups is 1. The zero-order valence-electron chi connectivity index (χ0n) is 12.6. The number of methoxy groups -OCH3 is 1. The number of sulfonamides is 1. The molecule has 0 atom stereocenters. The van der Waals surface area contributed by atoms with Gasteiger partial charge in [0.2, 0.25) is 0 Å². The number of aromatic carboxylic acids is 1. The third-order valence-corrected chi connectivity index (χ3v) is 6.34. The maximum Gasteiger partial charge on any atom is 0.346 e. The predicted molar refractivity (Wildman–Crippen MR) is 81.5 cm³/mol. The monoisotopic (exact) mass is 335 g/mol. The second-order valence-corrected chi connectivity index (χ2v) is 8.35. The van der Waals surface area contributed by atoms with Gasteiger partial charge in [0.25, 0.3) is 10.0 Å². The first kappa shape index (κ1) is 18.1. The molecule has 120 valence electrons. The zero-order valence-corrected chi connectivity index (χ0v) is 14.3. The Kier molecular flexibility index (Phi) is 6.33. The van der Waals surface area contributed by atoms with Gasteiger partial charge in [-0.2, -0.15) is 4.31 Å². The van der Waals surface area contributed by atoms with Crippen molar-refractivity contribution < 1.29 is 23.1 Å². The summed E-state index contributed by atoms with van der Waals surface area (Å²) in [5.41, 5.74) is 0.460. The molecular formula is C13H21NO5S2. The van der Waals surface area contributed by atoms with Crippen LogP contribution in [-0.4, -0.2) is 50.6 Å². The van der Waals surface area contributed by atoms with Gasteiger partial charge < -0.3 is 9.84 Å². The molecule has 8 heteroatoms. The molecule has 1 N–H and O–H groups in total. The van der Waals surface area contributed by atoms with Crippen molar-refractivity contribution in [2.75, 3.05) is 26.8 Å². The third kappa shape index (κ3) is 4.50. The molecule has 0 unspecified atom stereocenters. The quantitative estimate of drug-likeness (QED) is 0.786. The summed E-state index contributed by atoms with van der Waals surface area (Å²) < 4.78 is 31.7. The summed E-state index contributed by atoms with van der Waals surface area (Å²) in [7, 11) is -2.18. The lowest BCUT2D eigenvalue weighted by Gasteiger charge is -2.22. The first-order chi connectivity index (χ1) is 9.70. The van der Waals surface area contributed by atoms with E-state index in [2.05, 4.69) is 0 Å². The second kappa shape index (κ2) is 7.35. The highest BCUT2D eigenvalue weighted by molar-refractivity contribution is 7.91. The number of nitrogens with zero attached hydrogens (tertiary/aromatic N) is 1. The summed E-state index contributed by atoms with van der Waals surface area (Å²) in [5.74, 6) is -0.942. The zero-order chi connectivity index (χ0) is 16.2. The lowest BCUT2D eigenvalue weighted by atomic mass is 10.2. The van der Waals surface area contributed by atoms with Crippen LogP contribution in [0.25, 0.3) is 0 Å². The van der Waals surface area contributed by atoms with Gasteiger partial charge in [-0.3, -0.25) is 0 Å². The summed E-state index contributed by atoms with van der Waals surface area (Å²) in [6.07, 6.45) is 0. The molecule has 0 radical (unpaired) electrons. The summed E-state index contributed by atoms with van der Waals surface area (Å²) >= 11 is 0.793. The number of thiophene rings is 1. The maximum absolute atomic E-state index is 12.6. The van der Waals surface area contributed by atoms with Crippen LogP contribution in [0.1, 0.15) is 29.1 Å². The Balaban J connectivity index is 3.15. The lowest BCUT2D eigenvalue weighted by Crippen LogP contribution is -2.36. The number of ether oxygens (including phenoxy) is 1. The molecule has 0 bridgehead atoms. The fourth-order valence-corrected chi connectivity index (χ4v) is 4.95. The van der Waals surface area contributed by atoms with Crippen molar-refractivity contribution in [3.05, 3.63) is 16.5 Å². The number of carboxylic acid groups (broad SMARTS) is 1. The van der Waals surface area contributed by atoms with Crippen molar-refractivity contribution in [3.63, 3.8) is 0 Å². The average molecular weight is 335 g/mol. The molecule has 0 aliphatic rings. The minimum atomic E-state index is -3.70. The van der Waals surface area contributed by atoms with Crippen LogP contribution in [0.4, 0.5) is 0 Å². The van der Waals surface area contributed by atoms with Crippen LogP contribution in [0.5, 0.6) is 0 Å². The summed E-state index contributed by atoms with van der Waals surface area (Å²) in [6.45, 7) is 6.36. The van der Waals surface area contributed by atoms with Crippen LogP contribution in [0.15, 0.2) is 10.3 Å². The molecule has 1 rings (SSSR count). The Morgan fingerprint density at radius 3 is 2.52 bits per heavy atom. The van der Waals surface area contributed by atoms with Crippen LogP contribution in [0.2, 0.25) is 0 Å². The number of aryl methyl sites for hydroxylation is 1. The molecule has 0 saturated heterocycles. The van der Waals surface area contributed by atoms with Crippen LogP contribution in [0.3, 0.4) is 0 Å². The van der Waals surface area contributed by atoms with E-state index in [4.69, 9.17) is 9.84 Å². The van der Waals surface area contributed by atoms with E-state index in [1.54, 1.807) is 6.92 Å². The molecule has 0 aliphatic carbocycles. The first-order valence-corrected chi connectivity index (χ1v) is 8.78. The topological polar surface area (TPSA) is 83.9 Å². The van der Waals surface area contributed by atoms with Gasteiger partial charge in [0.1, 0.15) is 9.09 Å². The van der Waals surface area contributed by atoms with Crippen molar-refractivity contribution >= 4 is 27.3 Å². The molecule has 0 aromatic carbocycles. The largest absolute Gasteiger partial charge is 0.477 e. The van der Waals surface area contributed by atoms with Gasteiger partial charge >= 0.3 is 5.97 Å². The highest BCUT2D eigenvalue weighted by atomic mass is 32.2. The van der Waals surface area contributed by atoms with Crippen molar-refractivity contribution in [2.24, 2.45) is 5.92 Å². The molecular weight excluding hydrogens is 314 g/mol. The molecule has 6 nitrogen and oxygen atoms in total. The second-order valence-electron chi connectivity index (χ2n) is 5.13. The Bertz CT molecular complexity index is 592. The van der Waals surface area contributed by atoms with Crippen molar-refractivity contribution in [2.45, 2.75) is 25.0 Å². The lowest BCUT2D eigenvalue weighted by molar-refractivity contribution is 0.0701. The third-order valence-electron chi connectivity index (χ3n) is 2.80. The highest BCUT2D eigenvalue weighted by Gasteiger charge is 2.28. The maximum atomic E-state index is 12.6. The van der Waals surface area contributed by atoms with Gasteiger partial charge in [0.05, 0.1) is 6.61 Å². The van der Waals surface area contributed by atoms with Gasteiger partial charge in [-0.15, -0.1) is 11.3 Å². The van der Waals surface area contributed by atoms with E-state index in [1.165, 1.54) is 17.5 Å². The van der Waals surface area contributed by atoms with E-state index >= 15 is 0 Å². The number of hydrogen-bond donors (Lipinski definition) is 1. The van der Waals surface area contributed by atoms with Crippen LogP contribution in [0, 0.1) is 12.8 Å². The van der Waals surface area contributed by atoms with Crippen LogP contribution >= 0.6 is 11.3 Å². The minimum Gasteiger partial charge on any atom is -0.477 e. The fraction of sp³-hybridized carbons (Fsp3) is 0.615. The van der Waals surface area contributed by atoms with Crippen LogP contribution < -0.4 is 0 Å². The molecule has 0 amide bonds. The Morgan fingerprint density at radius 1 is 1.48 bits per heavy atom. The van der Waals surface area contributed by atoms with Gasteiger partial charge in [-0.1, -0.05) is 13.8 Å². The standard InChI is InChI=1S/C13H21NO5S2/c1-9(2)8-14(5-6-19-4)21(17,18)11-7-10(3)12(20-11)13(15)16/h7,9H,5-6,8H2,1-4H3,(H,15,16). The molecule has 0 spiro atoms. The fourth-order valence-electron chi connectivity index (χ4n) is 1.83. The number of hydrogen-bond acceptors (Lipinski definition) is 5. The first-order valence-electron chi connectivity index (χ1n) is 6.53. The molecule has 1 aromatic heterocycles. The summed E-state index contributed by atoms with van der Waals surface area (Å²) in [4.78, 5) is 11.1. The van der Waals surface area contributed by atoms with Gasteiger partial charge in [0.15, 0.2) is 0 Å². The Hall–Kier alpha value is -0.960. The van der Waals surface area contributed by atoms with Gasteiger partial charge in [0, 0.05) is 20.2 Å². The van der Waals surface area contributed by atoms with Crippen molar-refractivity contribution in [1.29, 1.82) is 0 Å². The smallest absolute Gasteiger partial charge is 0.346 e. The average Bonchev–Trinajstić information content (AvgIpc) is 2.76. The van der Waals surface area contributed by atoms with Gasteiger partial charge in [-0.05, 0) is 24.5 Å². The summed E-state index contributed by atoms with van der Waals surface area (Å²) in [5, 5.41) is 9.05. The van der Waals surface area contributed by atoms with Gasteiger partial charge in [-0.25, -0.2) is 13.2 Å². The molecule has 1 heterocycles. The van der Waals surface area contributed by atoms with Crippen molar-refractivity contribution in [1.82, 2.24) is 4.31 Å². The molecule has 1 aromatic rings. The van der Waals surface area contributed by atoms with E-state index in [0.717, 1.165) is 11.3 Å². The highest BCUT2D eigenvalue weighted by Crippen LogP contribution is 2.28. The molecule has 0 fully saturated rings. The number of carboxylic acids is 1.